The van der Waals surface area contributed by atoms with Crippen molar-refractivity contribution in [3.8, 4) is 11.5 Å². The number of amides is 1. The van der Waals surface area contributed by atoms with E-state index in [0.717, 1.165) is 11.1 Å². The van der Waals surface area contributed by atoms with Crippen molar-refractivity contribution in [3.05, 3.63) is 77.9 Å². The summed E-state index contributed by atoms with van der Waals surface area (Å²) < 4.78 is 38.8. The molecule has 3 aromatic rings. The van der Waals surface area contributed by atoms with E-state index >= 15 is 0 Å². The van der Waals surface area contributed by atoms with Crippen LogP contribution in [0.5, 0.6) is 11.5 Å². The highest BCUT2D eigenvalue weighted by molar-refractivity contribution is 7.92. The number of rotatable bonds is 8. The van der Waals surface area contributed by atoms with Gasteiger partial charge in [-0.2, -0.15) is 0 Å². The summed E-state index contributed by atoms with van der Waals surface area (Å²) in [6.45, 7) is 5.50. The van der Waals surface area contributed by atoms with Gasteiger partial charge in [0.1, 0.15) is 0 Å². The highest BCUT2D eigenvalue weighted by atomic mass is 32.2. The monoisotopic (exact) mass is 454 g/mol. The predicted octanol–water partition coefficient (Wildman–Crippen LogP) is 4.52. The number of ether oxygens (including phenoxy) is 2. The van der Waals surface area contributed by atoms with Crippen LogP contribution in [0.25, 0.3) is 0 Å². The van der Waals surface area contributed by atoms with Crippen molar-refractivity contribution in [2.45, 2.75) is 31.8 Å². The third kappa shape index (κ3) is 5.59. The minimum absolute atomic E-state index is 0.0899. The molecular weight excluding hydrogens is 428 g/mol. The number of sulfonamides is 1. The molecule has 2 N–H and O–H groups in total. The molecule has 7 nitrogen and oxygen atoms in total. The topological polar surface area (TPSA) is 93.7 Å². The lowest BCUT2D eigenvalue weighted by Crippen LogP contribution is -2.30. The maximum absolute atomic E-state index is 12.7. The van der Waals surface area contributed by atoms with Gasteiger partial charge in [0.15, 0.2) is 17.6 Å². The average molecular weight is 455 g/mol. The molecule has 0 saturated heterocycles. The lowest BCUT2D eigenvalue weighted by atomic mass is 10.1. The molecule has 1 atom stereocenters. The van der Waals surface area contributed by atoms with Crippen molar-refractivity contribution >= 4 is 27.3 Å². The summed E-state index contributed by atoms with van der Waals surface area (Å²) in [4.78, 5) is 12.6. The van der Waals surface area contributed by atoms with Crippen molar-refractivity contribution in [3.63, 3.8) is 0 Å². The molecule has 0 aliphatic heterocycles. The zero-order chi connectivity index (χ0) is 23.3. The van der Waals surface area contributed by atoms with Crippen LogP contribution in [0.3, 0.4) is 0 Å². The molecule has 0 unspecified atom stereocenters. The van der Waals surface area contributed by atoms with E-state index in [1.807, 2.05) is 19.9 Å². The highest BCUT2D eigenvalue weighted by Crippen LogP contribution is 2.27. The average Bonchev–Trinajstić information content (AvgIpc) is 2.77. The van der Waals surface area contributed by atoms with Gasteiger partial charge in [-0.3, -0.25) is 9.52 Å². The Morgan fingerprint density at radius 3 is 2.12 bits per heavy atom. The van der Waals surface area contributed by atoms with Gasteiger partial charge in [-0.15, -0.1) is 0 Å². The highest BCUT2D eigenvalue weighted by Gasteiger charge is 2.18. The molecule has 8 heteroatoms. The summed E-state index contributed by atoms with van der Waals surface area (Å²) in [6.07, 6.45) is -0.791. The predicted molar refractivity (Wildman–Crippen MR) is 125 cm³/mol. The zero-order valence-corrected chi connectivity index (χ0v) is 19.2. The number of carbonyl (C=O) groups excluding carboxylic acids is 1. The van der Waals surface area contributed by atoms with E-state index in [9.17, 15) is 13.2 Å². The molecule has 0 bridgehead atoms. The van der Waals surface area contributed by atoms with Crippen LogP contribution in [0.4, 0.5) is 11.4 Å². The molecule has 1 amide bonds. The molecule has 168 valence electrons. The number of methoxy groups -OCH3 is 1. The molecule has 0 aromatic heterocycles. The van der Waals surface area contributed by atoms with Crippen LogP contribution < -0.4 is 19.5 Å². The largest absolute Gasteiger partial charge is 0.493 e. The Morgan fingerprint density at radius 2 is 1.50 bits per heavy atom. The summed E-state index contributed by atoms with van der Waals surface area (Å²) in [7, 11) is -2.23. The van der Waals surface area contributed by atoms with Crippen LogP contribution in [0.15, 0.2) is 71.6 Å². The maximum Gasteiger partial charge on any atom is 0.265 e. The number of carbonyl (C=O) groups is 1. The third-order valence-corrected chi connectivity index (χ3v) is 6.33. The number of hydrogen-bond donors (Lipinski definition) is 2. The first kappa shape index (κ1) is 23.1. The third-order valence-electron chi connectivity index (χ3n) is 4.93. The SMILES string of the molecule is COc1ccccc1O[C@@H](C)C(=O)Nc1ccc(S(=O)(=O)Nc2ccc(C)c(C)c2)cc1. The normalized spacial score (nSPS) is 12.0. The molecule has 0 radical (unpaired) electrons. The van der Waals surface area contributed by atoms with Crippen molar-refractivity contribution in [2.24, 2.45) is 0 Å². The van der Waals surface area contributed by atoms with Gasteiger partial charge in [0.2, 0.25) is 0 Å². The minimum Gasteiger partial charge on any atom is -0.493 e. The van der Waals surface area contributed by atoms with Crippen molar-refractivity contribution < 1.29 is 22.7 Å². The lowest BCUT2D eigenvalue weighted by molar-refractivity contribution is -0.122. The first-order valence-corrected chi connectivity index (χ1v) is 11.5. The van der Waals surface area contributed by atoms with Gasteiger partial charge in [-0.25, -0.2) is 8.42 Å². The molecule has 0 aliphatic carbocycles. The maximum atomic E-state index is 12.7. The number of benzene rings is 3. The van der Waals surface area contributed by atoms with Crippen molar-refractivity contribution in [1.82, 2.24) is 0 Å². The fourth-order valence-corrected chi connectivity index (χ4v) is 3.99. The number of para-hydroxylation sites is 2. The summed E-state index contributed by atoms with van der Waals surface area (Å²) in [6, 6.07) is 18.3. The van der Waals surface area contributed by atoms with Crippen LogP contribution in [-0.2, 0) is 14.8 Å². The van der Waals surface area contributed by atoms with Crippen molar-refractivity contribution in [1.29, 1.82) is 0 Å². The molecular formula is C24H26N2O5S. The van der Waals surface area contributed by atoms with Crippen LogP contribution in [0.1, 0.15) is 18.1 Å². The number of hydrogen-bond acceptors (Lipinski definition) is 5. The minimum atomic E-state index is -3.75. The fourth-order valence-electron chi connectivity index (χ4n) is 2.94. The summed E-state index contributed by atoms with van der Waals surface area (Å²) in [5.41, 5.74) is 3.02. The second kappa shape index (κ2) is 9.74. The van der Waals surface area contributed by atoms with E-state index in [0.29, 0.717) is 22.9 Å². The van der Waals surface area contributed by atoms with Gasteiger partial charge in [0.05, 0.1) is 12.0 Å². The molecule has 32 heavy (non-hydrogen) atoms. The lowest BCUT2D eigenvalue weighted by Gasteiger charge is -2.16. The summed E-state index contributed by atoms with van der Waals surface area (Å²) >= 11 is 0. The smallest absolute Gasteiger partial charge is 0.265 e. The van der Waals surface area contributed by atoms with Crippen LogP contribution in [-0.4, -0.2) is 27.5 Å². The van der Waals surface area contributed by atoms with Gasteiger partial charge in [0, 0.05) is 11.4 Å². The number of anilines is 2. The van der Waals surface area contributed by atoms with Gasteiger partial charge in [-0.05, 0) is 80.4 Å². The van der Waals surface area contributed by atoms with E-state index in [1.54, 1.807) is 43.3 Å². The number of nitrogens with one attached hydrogen (secondary N) is 2. The Hall–Kier alpha value is -3.52. The van der Waals surface area contributed by atoms with Crippen LogP contribution in [0.2, 0.25) is 0 Å². The van der Waals surface area contributed by atoms with Gasteiger partial charge < -0.3 is 14.8 Å². The molecule has 0 saturated carbocycles. The second-order valence-corrected chi connectivity index (χ2v) is 9.01. The molecule has 3 aromatic carbocycles. The van der Waals surface area contributed by atoms with E-state index in [1.165, 1.54) is 31.4 Å². The fraction of sp³-hybridized carbons (Fsp3) is 0.208. The molecule has 0 spiro atoms. The molecule has 0 fully saturated rings. The summed E-state index contributed by atoms with van der Waals surface area (Å²) in [5.74, 6) is 0.606. The first-order valence-electron chi connectivity index (χ1n) is 10.0. The Morgan fingerprint density at radius 1 is 0.875 bits per heavy atom. The summed E-state index contributed by atoms with van der Waals surface area (Å²) in [5, 5.41) is 2.72. The second-order valence-electron chi connectivity index (χ2n) is 7.33. The van der Waals surface area contributed by atoms with Gasteiger partial charge in [-0.1, -0.05) is 18.2 Å². The van der Waals surface area contributed by atoms with Crippen LogP contribution >= 0.6 is 0 Å². The van der Waals surface area contributed by atoms with E-state index in [2.05, 4.69) is 10.0 Å². The van der Waals surface area contributed by atoms with E-state index < -0.39 is 16.1 Å². The zero-order valence-electron chi connectivity index (χ0n) is 18.4. The first-order chi connectivity index (χ1) is 15.2. The molecule has 0 heterocycles. The van der Waals surface area contributed by atoms with Gasteiger partial charge in [0.25, 0.3) is 15.9 Å². The Bertz CT molecular complexity index is 1210. The molecule has 3 rings (SSSR count). The van der Waals surface area contributed by atoms with Crippen LogP contribution in [0, 0.1) is 13.8 Å². The van der Waals surface area contributed by atoms with Crippen molar-refractivity contribution in [2.75, 3.05) is 17.1 Å². The quantitative estimate of drug-likeness (QED) is 0.522. The standard InChI is InChI=1S/C24H26N2O5S/c1-16-9-10-20(15-17(16)2)26-32(28,29)21-13-11-19(12-14-21)25-24(27)18(3)31-23-8-6-5-7-22(23)30-4/h5-15,18,26H,1-4H3,(H,25,27)/t18-/m0/s1. The number of aryl methyl sites for hydroxylation is 2. The Balaban J connectivity index is 1.65. The van der Waals surface area contributed by atoms with Gasteiger partial charge >= 0.3 is 0 Å². The Kier molecular flexibility index (Phi) is 7.05. The Labute approximate surface area is 188 Å². The molecule has 0 aliphatic rings. The van der Waals surface area contributed by atoms with E-state index in [-0.39, 0.29) is 10.8 Å². The van der Waals surface area contributed by atoms with E-state index in [4.69, 9.17) is 9.47 Å².